The van der Waals surface area contributed by atoms with Crippen LogP contribution < -0.4 is 5.32 Å². The van der Waals surface area contributed by atoms with Gasteiger partial charge in [0.05, 0.1) is 12.3 Å². The molecule has 0 radical (unpaired) electrons. The van der Waals surface area contributed by atoms with E-state index in [1.54, 1.807) is 24.5 Å². The van der Waals surface area contributed by atoms with Crippen molar-refractivity contribution < 1.29 is 4.79 Å². The number of ketones is 1. The highest BCUT2D eigenvalue weighted by atomic mass is 32.2. The van der Waals surface area contributed by atoms with Crippen LogP contribution in [0.25, 0.3) is 0 Å². The molecule has 0 unspecified atom stereocenters. The van der Waals surface area contributed by atoms with E-state index in [4.69, 9.17) is 0 Å². The van der Waals surface area contributed by atoms with Crippen LogP contribution in [-0.2, 0) is 0 Å². The van der Waals surface area contributed by atoms with Gasteiger partial charge < -0.3 is 5.32 Å². The Morgan fingerprint density at radius 3 is 3.20 bits per heavy atom. The van der Waals surface area contributed by atoms with Gasteiger partial charge in [-0.25, -0.2) is 0 Å². The number of amidine groups is 1. The largest absolute Gasteiger partial charge is 0.363 e. The number of Topliss-reactive ketones (excluding diaryl/α,β-unsaturated/α-hetero) is 1. The average molecular weight is 221 g/mol. The van der Waals surface area contributed by atoms with Gasteiger partial charge >= 0.3 is 0 Å². The van der Waals surface area contributed by atoms with Crippen molar-refractivity contribution in [1.29, 1.82) is 0 Å². The molecule has 1 N–H and O–H groups in total. The molecule has 0 bridgehead atoms. The zero-order valence-electron chi connectivity index (χ0n) is 8.14. The standard InChI is InChI=1S/C10H11N3OS/c14-9(8-2-1-3-11-6-8)7-15-10-12-4-5-13-10/h1-3,6H,4-5,7H2,(H,12,13). The van der Waals surface area contributed by atoms with Crippen molar-refractivity contribution in [2.24, 2.45) is 4.99 Å². The molecule has 1 aliphatic heterocycles. The first kappa shape index (κ1) is 10.2. The molecule has 0 saturated heterocycles. The van der Waals surface area contributed by atoms with Crippen LogP contribution in [0.3, 0.4) is 0 Å². The third kappa shape index (κ3) is 2.79. The number of aromatic nitrogens is 1. The molecule has 1 aliphatic rings. The van der Waals surface area contributed by atoms with E-state index >= 15 is 0 Å². The summed E-state index contributed by atoms with van der Waals surface area (Å²) < 4.78 is 0. The van der Waals surface area contributed by atoms with Crippen molar-refractivity contribution in [1.82, 2.24) is 10.3 Å². The third-order valence-electron chi connectivity index (χ3n) is 1.97. The predicted molar refractivity (Wildman–Crippen MR) is 61.3 cm³/mol. The highest BCUT2D eigenvalue weighted by molar-refractivity contribution is 8.14. The Balaban J connectivity index is 1.87. The van der Waals surface area contributed by atoms with Gasteiger partial charge in [0.1, 0.15) is 0 Å². The lowest BCUT2D eigenvalue weighted by atomic mass is 10.2. The number of thioether (sulfide) groups is 1. The summed E-state index contributed by atoms with van der Waals surface area (Å²) in [7, 11) is 0. The molecule has 0 saturated carbocycles. The number of carbonyl (C=O) groups excluding carboxylic acids is 1. The van der Waals surface area contributed by atoms with Crippen LogP contribution in [0.1, 0.15) is 10.4 Å². The highest BCUT2D eigenvalue weighted by Gasteiger charge is 2.10. The third-order valence-corrected chi connectivity index (χ3v) is 2.92. The quantitative estimate of drug-likeness (QED) is 0.772. The van der Waals surface area contributed by atoms with Crippen molar-refractivity contribution in [2.75, 3.05) is 18.8 Å². The summed E-state index contributed by atoms with van der Waals surface area (Å²) in [5.74, 6) is 0.502. The number of carbonyl (C=O) groups is 1. The van der Waals surface area contributed by atoms with Gasteiger partial charge in [-0.15, -0.1) is 0 Å². The van der Waals surface area contributed by atoms with Crippen molar-refractivity contribution >= 4 is 22.7 Å². The maximum atomic E-state index is 11.7. The van der Waals surface area contributed by atoms with Crippen LogP contribution in [0, 0.1) is 0 Å². The molecule has 1 aromatic heterocycles. The lowest BCUT2D eigenvalue weighted by Gasteiger charge is -2.01. The maximum Gasteiger partial charge on any atom is 0.174 e. The Labute approximate surface area is 92.2 Å². The minimum absolute atomic E-state index is 0.0875. The van der Waals surface area contributed by atoms with Crippen LogP contribution >= 0.6 is 11.8 Å². The Morgan fingerprint density at radius 2 is 2.53 bits per heavy atom. The lowest BCUT2D eigenvalue weighted by Crippen LogP contribution is -2.17. The van der Waals surface area contributed by atoms with Crippen LogP contribution in [-0.4, -0.2) is 34.8 Å². The zero-order chi connectivity index (χ0) is 10.5. The van der Waals surface area contributed by atoms with E-state index in [2.05, 4.69) is 15.3 Å². The highest BCUT2D eigenvalue weighted by Crippen LogP contribution is 2.09. The first-order chi connectivity index (χ1) is 7.36. The van der Waals surface area contributed by atoms with Crippen molar-refractivity contribution in [3.63, 3.8) is 0 Å². The van der Waals surface area contributed by atoms with E-state index in [1.165, 1.54) is 11.8 Å². The number of nitrogens with one attached hydrogen (secondary N) is 1. The smallest absolute Gasteiger partial charge is 0.174 e. The monoisotopic (exact) mass is 221 g/mol. The number of rotatable bonds is 3. The molecule has 78 valence electrons. The predicted octanol–water partition coefficient (Wildman–Crippen LogP) is 0.957. The van der Waals surface area contributed by atoms with E-state index in [0.29, 0.717) is 11.3 Å². The van der Waals surface area contributed by atoms with Crippen molar-refractivity contribution in [3.05, 3.63) is 30.1 Å². The molecule has 0 aliphatic carbocycles. The van der Waals surface area contributed by atoms with Crippen LogP contribution in [0.5, 0.6) is 0 Å². The van der Waals surface area contributed by atoms with E-state index in [1.807, 2.05) is 0 Å². The summed E-state index contributed by atoms with van der Waals surface area (Å²) in [5.41, 5.74) is 0.656. The van der Waals surface area contributed by atoms with Crippen LogP contribution in [0.4, 0.5) is 0 Å². The maximum absolute atomic E-state index is 11.7. The molecule has 2 rings (SSSR count). The molecule has 2 heterocycles. The van der Waals surface area contributed by atoms with Gasteiger partial charge in [0, 0.05) is 24.5 Å². The average Bonchev–Trinajstić information content (AvgIpc) is 2.80. The van der Waals surface area contributed by atoms with E-state index in [9.17, 15) is 4.79 Å². The number of aliphatic imine (C=N–C) groups is 1. The fourth-order valence-electron chi connectivity index (χ4n) is 1.22. The Bertz CT molecular complexity index is 378. The van der Waals surface area contributed by atoms with E-state index in [-0.39, 0.29) is 5.78 Å². The minimum Gasteiger partial charge on any atom is -0.363 e. The second-order valence-corrected chi connectivity index (χ2v) is 4.03. The summed E-state index contributed by atoms with van der Waals surface area (Å²) in [5, 5.41) is 3.98. The molecule has 0 amide bonds. The van der Waals surface area contributed by atoms with Gasteiger partial charge in [-0.05, 0) is 12.1 Å². The van der Waals surface area contributed by atoms with E-state index in [0.717, 1.165) is 18.3 Å². The fraction of sp³-hybridized carbons (Fsp3) is 0.300. The van der Waals surface area contributed by atoms with Gasteiger partial charge in [-0.2, -0.15) is 0 Å². The number of nitrogens with zero attached hydrogens (tertiary/aromatic N) is 2. The summed E-state index contributed by atoms with van der Waals surface area (Å²) >= 11 is 1.45. The summed E-state index contributed by atoms with van der Waals surface area (Å²) in [6.45, 7) is 1.69. The molecular formula is C10H11N3OS. The molecular weight excluding hydrogens is 210 g/mol. The Hall–Kier alpha value is -1.36. The lowest BCUT2D eigenvalue weighted by molar-refractivity contribution is 0.102. The Morgan fingerprint density at radius 1 is 1.60 bits per heavy atom. The van der Waals surface area contributed by atoms with Gasteiger partial charge in [0.15, 0.2) is 11.0 Å². The minimum atomic E-state index is 0.0875. The first-order valence-electron chi connectivity index (χ1n) is 4.70. The van der Waals surface area contributed by atoms with Gasteiger partial charge in [-0.3, -0.25) is 14.8 Å². The van der Waals surface area contributed by atoms with E-state index < -0.39 is 0 Å². The summed E-state index contributed by atoms with van der Waals surface area (Å²) in [6, 6.07) is 3.54. The van der Waals surface area contributed by atoms with Gasteiger partial charge in [0.2, 0.25) is 0 Å². The second kappa shape index (κ2) is 4.93. The molecule has 0 spiro atoms. The zero-order valence-corrected chi connectivity index (χ0v) is 8.96. The number of hydrogen-bond donors (Lipinski definition) is 1. The number of pyridine rings is 1. The molecule has 4 nitrogen and oxygen atoms in total. The first-order valence-corrected chi connectivity index (χ1v) is 5.69. The molecule has 5 heteroatoms. The SMILES string of the molecule is O=C(CSC1=NCCN1)c1cccnc1. The molecule has 15 heavy (non-hydrogen) atoms. The van der Waals surface area contributed by atoms with Crippen molar-refractivity contribution in [3.8, 4) is 0 Å². The second-order valence-electron chi connectivity index (χ2n) is 3.07. The van der Waals surface area contributed by atoms with Crippen molar-refractivity contribution in [2.45, 2.75) is 0 Å². The molecule has 0 fully saturated rings. The Kier molecular flexibility index (Phi) is 3.34. The molecule has 0 atom stereocenters. The van der Waals surface area contributed by atoms with Crippen LogP contribution in [0.15, 0.2) is 29.5 Å². The van der Waals surface area contributed by atoms with Gasteiger partial charge in [-0.1, -0.05) is 11.8 Å². The normalized spacial score (nSPS) is 14.5. The summed E-state index contributed by atoms with van der Waals surface area (Å²) in [4.78, 5) is 19.8. The number of hydrogen-bond acceptors (Lipinski definition) is 5. The van der Waals surface area contributed by atoms with Gasteiger partial charge in [0.25, 0.3) is 0 Å². The van der Waals surface area contributed by atoms with Crippen LogP contribution in [0.2, 0.25) is 0 Å². The molecule has 1 aromatic rings. The topological polar surface area (TPSA) is 54.4 Å². The summed E-state index contributed by atoms with van der Waals surface area (Å²) in [6.07, 6.45) is 3.25. The fourth-order valence-corrected chi connectivity index (χ4v) is 2.04. The molecule has 0 aromatic carbocycles.